The Balaban J connectivity index is -0.0000000695. The normalized spacial score (nSPS) is 12.7. The third-order valence-corrected chi connectivity index (χ3v) is 1.78. The number of nitrogens with two attached hydrogens (primary N) is 2. The molecule has 25 heavy (non-hydrogen) atoms. The fourth-order valence-corrected chi connectivity index (χ4v) is 1.21. The summed E-state index contributed by atoms with van der Waals surface area (Å²) in [4.78, 5) is 33.0. The SMILES string of the molecule is NC1(N)CCCCC1.O=[N+]([O-])[O-].O=[N+]([O-])[O-].O=[N+]([O-])[O-].O=[N+]([O-])[O-].[Pt+4]. The summed E-state index contributed by atoms with van der Waals surface area (Å²) >= 11 is 0. The van der Waals surface area contributed by atoms with Gasteiger partial charge in [0.15, 0.2) is 0 Å². The second-order valence-electron chi connectivity index (χ2n) is 3.69. The summed E-state index contributed by atoms with van der Waals surface area (Å²) in [7, 11) is 0. The molecule has 1 rings (SSSR count). The van der Waals surface area contributed by atoms with E-state index in [1.54, 1.807) is 0 Å². The van der Waals surface area contributed by atoms with Gasteiger partial charge in [0.25, 0.3) is 0 Å². The maximum atomic E-state index is 8.25. The van der Waals surface area contributed by atoms with E-state index in [1.807, 2.05) is 0 Å². The van der Waals surface area contributed by atoms with Crippen molar-refractivity contribution < 1.29 is 41.4 Å². The molecule has 0 saturated heterocycles. The van der Waals surface area contributed by atoms with Gasteiger partial charge in [-0.15, -0.1) is 0 Å². The number of nitrogens with zero attached hydrogens (tertiary/aromatic N) is 4. The summed E-state index contributed by atoms with van der Waals surface area (Å²) in [5.41, 5.74) is 11.0. The largest absolute Gasteiger partial charge is 4.00 e. The molecule has 0 aromatic carbocycles. The van der Waals surface area contributed by atoms with E-state index in [0.717, 1.165) is 12.8 Å². The van der Waals surface area contributed by atoms with Gasteiger partial charge in [-0.25, -0.2) is 0 Å². The Morgan fingerprint density at radius 3 is 0.800 bits per heavy atom. The van der Waals surface area contributed by atoms with Gasteiger partial charge < -0.3 is 72.8 Å². The molecule has 18 nitrogen and oxygen atoms in total. The fraction of sp³-hybridized carbons (Fsp3) is 1.00. The molecule has 0 bridgehead atoms. The van der Waals surface area contributed by atoms with Gasteiger partial charge in [-0.05, 0) is 12.8 Å². The first kappa shape index (κ1) is 33.9. The van der Waals surface area contributed by atoms with Crippen LogP contribution in [0.1, 0.15) is 32.1 Å². The van der Waals surface area contributed by atoms with Crippen LogP contribution in [0, 0.1) is 61.3 Å². The van der Waals surface area contributed by atoms with Crippen molar-refractivity contribution in [2.75, 3.05) is 0 Å². The van der Waals surface area contributed by atoms with Crippen LogP contribution in [0.4, 0.5) is 0 Å². The molecule has 0 spiro atoms. The predicted octanol–water partition coefficient (Wildman–Crippen LogP) is -0.395. The zero-order chi connectivity index (χ0) is 20.3. The molecule has 0 aromatic rings. The molecule has 0 aromatic heterocycles. The van der Waals surface area contributed by atoms with E-state index in [2.05, 4.69) is 0 Å². The summed E-state index contributed by atoms with van der Waals surface area (Å²) in [6.07, 6.45) is 5.76. The molecule has 1 fully saturated rings. The van der Waals surface area contributed by atoms with Gasteiger partial charge in [-0.3, -0.25) is 0 Å². The van der Waals surface area contributed by atoms with Crippen molar-refractivity contribution in [2.45, 2.75) is 37.8 Å². The topological polar surface area (TPSA) is 317 Å². The van der Waals surface area contributed by atoms with Crippen molar-refractivity contribution in [1.82, 2.24) is 0 Å². The van der Waals surface area contributed by atoms with Gasteiger partial charge in [0.1, 0.15) is 0 Å². The molecule has 1 aliphatic carbocycles. The molecular weight excluding hydrogens is 543 g/mol. The van der Waals surface area contributed by atoms with Gasteiger partial charge in [-0.1, -0.05) is 19.3 Å². The first-order chi connectivity index (χ1) is 10.6. The van der Waals surface area contributed by atoms with E-state index in [4.69, 9.17) is 72.8 Å². The predicted molar refractivity (Wildman–Crippen MR) is 75.6 cm³/mol. The minimum absolute atomic E-state index is 0. The van der Waals surface area contributed by atoms with E-state index in [0.29, 0.717) is 0 Å². The summed E-state index contributed by atoms with van der Waals surface area (Å²) < 4.78 is 0. The molecule has 19 heteroatoms. The average molecular weight is 557 g/mol. The monoisotopic (exact) mass is 557 g/mol. The fourth-order valence-electron chi connectivity index (χ4n) is 1.21. The van der Waals surface area contributed by atoms with E-state index >= 15 is 0 Å². The van der Waals surface area contributed by atoms with Gasteiger partial charge in [0.05, 0.1) is 26.0 Å². The van der Waals surface area contributed by atoms with Crippen molar-refractivity contribution >= 4 is 0 Å². The van der Waals surface area contributed by atoms with Crippen LogP contribution < -0.4 is 11.5 Å². The summed E-state index contributed by atoms with van der Waals surface area (Å²) in [6, 6.07) is 0. The molecule has 0 radical (unpaired) electrons. The Morgan fingerprint density at radius 2 is 0.720 bits per heavy atom. The third-order valence-electron chi connectivity index (χ3n) is 1.78. The molecule has 150 valence electrons. The van der Waals surface area contributed by atoms with Gasteiger partial charge in [0.2, 0.25) is 0 Å². The first-order valence-corrected chi connectivity index (χ1v) is 5.48. The van der Waals surface area contributed by atoms with Crippen LogP contribution in [0.15, 0.2) is 0 Å². The van der Waals surface area contributed by atoms with Gasteiger partial charge in [0, 0.05) is 0 Å². The molecule has 0 amide bonds. The average Bonchev–Trinajstić information content (AvgIpc) is 2.24. The molecule has 4 N–H and O–H groups in total. The Morgan fingerprint density at radius 1 is 0.560 bits per heavy atom. The maximum Gasteiger partial charge on any atom is 4.00 e. The van der Waals surface area contributed by atoms with Crippen molar-refractivity contribution in [1.29, 1.82) is 0 Å². The van der Waals surface area contributed by atoms with Crippen LogP contribution in [0.5, 0.6) is 0 Å². The van der Waals surface area contributed by atoms with Crippen molar-refractivity contribution in [2.24, 2.45) is 11.5 Å². The molecule has 0 heterocycles. The quantitative estimate of drug-likeness (QED) is 0.217. The van der Waals surface area contributed by atoms with Crippen molar-refractivity contribution in [3.63, 3.8) is 0 Å². The zero-order valence-electron chi connectivity index (χ0n) is 12.2. The van der Waals surface area contributed by atoms with Crippen LogP contribution >= 0.6 is 0 Å². The Hall–Kier alpha value is -2.59. The van der Waals surface area contributed by atoms with Crippen LogP contribution in [0.2, 0.25) is 0 Å². The Bertz CT molecular complexity index is 309. The van der Waals surface area contributed by atoms with E-state index in [9.17, 15) is 0 Å². The Labute approximate surface area is 152 Å². The minimum Gasteiger partial charge on any atom is -0.356 e. The van der Waals surface area contributed by atoms with Gasteiger partial charge >= 0.3 is 21.1 Å². The maximum absolute atomic E-state index is 8.25. The minimum atomic E-state index is -1.75. The standard InChI is InChI=1S/C6H14N2.4NO3.Pt/c7-6(8)4-2-1-3-5-6;4*2-1(3)4;/h1-5,7-8H2;;;;;/q;4*-1;+4. The third kappa shape index (κ3) is 147. The second-order valence-corrected chi connectivity index (χ2v) is 3.69. The molecule has 0 unspecified atom stereocenters. The molecule has 1 saturated carbocycles. The number of hydrogen-bond donors (Lipinski definition) is 2. The Kier molecular flexibility index (Phi) is 29.0. The molecular formula is C6H14N6O12Pt. The van der Waals surface area contributed by atoms with Crippen LogP contribution in [0.3, 0.4) is 0 Å². The van der Waals surface area contributed by atoms with E-state index < -0.39 is 20.3 Å². The van der Waals surface area contributed by atoms with Crippen LogP contribution in [0.25, 0.3) is 0 Å². The van der Waals surface area contributed by atoms with Crippen LogP contribution in [-0.2, 0) is 21.1 Å². The number of rotatable bonds is 0. The van der Waals surface area contributed by atoms with Crippen molar-refractivity contribution in [3.05, 3.63) is 61.3 Å². The molecule has 0 aliphatic heterocycles. The number of hydrogen-bond acceptors (Lipinski definition) is 14. The van der Waals surface area contributed by atoms with Crippen molar-refractivity contribution in [3.8, 4) is 0 Å². The summed E-state index contributed by atoms with van der Waals surface area (Å²) in [5, 5.41) is 59.0. The zero-order valence-corrected chi connectivity index (χ0v) is 14.5. The first-order valence-electron chi connectivity index (χ1n) is 5.48. The van der Waals surface area contributed by atoms with Gasteiger partial charge in [-0.2, -0.15) is 0 Å². The smallest absolute Gasteiger partial charge is 0.356 e. The van der Waals surface area contributed by atoms with E-state index in [-0.39, 0.29) is 26.7 Å². The molecule has 0 atom stereocenters. The van der Waals surface area contributed by atoms with E-state index in [1.165, 1.54) is 19.3 Å². The summed E-state index contributed by atoms with van der Waals surface area (Å²) in [5.74, 6) is 0. The molecule has 1 aliphatic rings. The summed E-state index contributed by atoms with van der Waals surface area (Å²) in [6.45, 7) is 0. The second kappa shape index (κ2) is 21.4. The van der Waals surface area contributed by atoms with Crippen LogP contribution in [-0.4, -0.2) is 26.0 Å².